The molecule has 0 aliphatic rings. The van der Waals surface area contributed by atoms with Crippen LogP contribution in [0.25, 0.3) is 11.1 Å². The van der Waals surface area contributed by atoms with Gasteiger partial charge in [-0.1, -0.05) is 6.07 Å². The average Bonchev–Trinajstić information content (AvgIpc) is 2.50. The molecule has 1 heterocycles. The number of nitrogens with zero attached hydrogens (tertiary/aromatic N) is 1. The Hall–Kier alpha value is -1.31. The normalized spacial score (nSPS) is 10.6. The largest absolute Gasteiger partial charge is 0.443 e. The van der Waals surface area contributed by atoms with Crippen LogP contribution in [-0.4, -0.2) is 4.98 Å². The van der Waals surface area contributed by atoms with Crippen LogP contribution >= 0.6 is 0 Å². The molecule has 0 N–H and O–H groups in total. The van der Waals surface area contributed by atoms with E-state index in [9.17, 15) is 0 Å². The first kappa shape index (κ1) is 6.40. The van der Waals surface area contributed by atoms with E-state index >= 15 is 0 Å². The maximum Gasteiger partial charge on any atom is 0.181 e. The molecule has 2 heteroatoms. The van der Waals surface area contributed by atoms with Crippen molar-refractivity contribution < 1.29 is 4.42 Å². The quantitative estimate of drug-likeness (QED) is 0.616. The van der Waals surface area contributed by atoms with Crippen molar-refractivity contribution in [3.05, 3.63) is 37.1 Å². The smallest absolute Gasteiger partial charge is 0.181 e. The Morgan fingerprint density at radius 1 is 1.45 bits per heavy atom. The highest BCUT2D eigenvalue weighted by Gasteiger charge is 1.97. The SMILES string of the molecule is [CH2]Cc1ccc2ncoc2c1. The maximum atomic E-state index is 5.12. The second-order valence-corrected chi connectivity index (χ2v) is 2.40. The number of oxazole rings is 1. The molecule has 0 aliphatic carbocycles. The molecule has 2 nitrogen and oxygen atoms in total. The lowest BCUT2D eigenvalue weighted by molar-refractivity contribution is 0.602. The number of aromatic nitrogens is 1. The monoisotopic (exact) mass is 146 g/mol. The number of hydrogen-bond acceptors (Lipinski definition) is 2. The minimum Gasteiger partial charge on any atom is -0.443 e. The predicted octanol–water partition coefficient (Wildman–Crippen LogP) is 2.20. The molecule has 2 aromatic rings. The molecule has 1 aromatic carbocycles. The molecular formula is C9H8NO. The second kappa shape index (κ2) is 2.38. The van der Waals surface area contributed by atoms with E-state index in [-0.39, 0.29) is 0 Å². The van der Waals surface area contributed by atoms with Crippen molar-refractivity contribution in [3.8, 4) is 0 Å². The minimum atomic E-state index is 0.788. The Bertz CT molecular complexity index is 364. The molecule has 55 valence electrons. The lowest BCUT2D eigenvalue weighted by Gasteiger charge is -1.92. The highest BCUT2D eigenvalue weighted by Crippen LogP contribution is 2.13. The van der Waals surface area contributed by atoms with Crippen LogP contribution in [0.15, 0.2) is 29.0 Å². The van der Waals surface area contributed by atoms with E-state index in [4.69, 9.17) is 4.42 Å². The van der Waals surface area contributed by atoms with Crippen molar-refractivity contribution in [2.45, 2.75) is 6.42 Å². The molecular weight excluding hydrogens is 138 g/mol. The summed E-state index contributed by atoms with van der Waals surface area (Å²) < 4.78 is 5.12. The maximum absolute atomic E-state index is 5.12. The third-order valence-electron chi connectivity index (χ3n) is 1.68. The van der Waals surface area contributed by atoms with E-state index in [1.807, 2.05) is 18.2 Å². The molecule has 11 heavy (non-hydrogen) atoms. The van der Waals surface area contributed by atoms with E-state index in [2.05, 4.69) is 11.9 Å². The van der Waals surface area contributed by atoms with Gasteiger partial charge in [0.15, 0.2) is 12.0 Å². The molecule has 1 radical (unpaired) electrons. The molecule has 0 bridgehead atoms. The Morgan fingerprint density at radius 3 is 3.18 bits per heavy atom. The van der Waals surface area contributed by atoms with Gasteiger partial charge in [0, 0.05) is 0 Å². The van der Waals surface area contributed by atoms with Crippen molar-refractivity contribution in [1.82, 2.24) is 4.98 Å². The summed E-state index contributed by atoms with van der Waals surface area (Å²) in [7, 11) is 0. The molecule has 1 aromatic heterocycles. The van der Waals surface area contributed by atoms with E-state index < -0.39 is 0 Å². The first-order valence-electron chi connectivity index (χ1n) is 3.51. The number of hydrogen-bond donors (Lipinski definition) is 0. The number of rotatable bonds is 1. The van der Waals surface area contributed by atoms with Crippen molar-refractivity contribution in [2.24, 2.45) is 0 Å². The van der Waals surface area contributed by atoms with Crippen LogP contribution in [-0.2, 0) is 6.42 Å². The zero-order chi connectivity index (χ0) is 7.68. The van der Waals surface area contributed by atoms with E-state index in [0.29, 0.717) is 0 Å². The van der Waals surface area contributed by atoms with Crippen LogP contribution in [0, 0.1) is 6.92 Å². The summed E-state index contributed by atoms with van der Waals surface area (Å²) in [4.78, 5) is 4.01. The highest BCUT2D eigenvalue weighted by molar-refractivity contribution is 5.72. The minimum absolute atomic E-state index is 0.788. The van der Waals surface area contributed by atoms with E-state index in [0.717, 1.165) is 17.5 Å². The standard InChI is InChI=1S/C9H8NO/c1-2-7-3-4-8-9(5-7)11-6-10-8/h3-6H,1-2H2. The van der Waals surface area contributed by atoms with Crippen molar-refractivity contribution in [3.63, 3.8) is 0 Å². The van der Waals surface area contributed by atoms with Gasteiger partial charge in [-0.3, -0.25) is 0 Å². The second-order valence-electron chi connectivity index (χ2n) is 2.40. The van der Waals surface area contributed by atoms with Gasteiger partial charge in [-0.2, -0.15) is 0 Å². The van der Waals surface area contributed by atoms with Crippen LogP contribution in [0.3, 0.4) is 0 Å². The third kappa shape index (κ3) is 1.00. The first-order valence-corrected chi connectivity index (χ1v) is 3.51. The number of benzene rings is 1. The van der Waals surface area contributed by atoms with Crippen LogP contribution in [0.5, 0.6) is 0 Å². The fourth-order valence-corrected chi connectivity index (χ4v) is 1.06. The Balaban J connectivity index is 2.67. The summed E-state index contributed by atoms with van der Waals surface area (Å²) in [5.74, 6) is 0. The predicted molar refractivity (Wildman–Crippen MR) is 43.1 cm³/mol. The van der Waals surface area contributed by atoms with Crippen molar-refractivity contribution >= 4 is 11.1 Å². The summed E-state index contributed by atoms with van der Waals surface area (Å²) in [6, 6.07) is 5.92. The van der Waals surface area contributed by atoms with Gasteiger partial charge in [0.25, 0.3) is 0 Å². The van der Waals surface area contributed by atoms with Gasteiger partial charge in [-0.15, -0.1) is 0 Å². The van der Waals surface area contributed by atoms with Gasteiger partial charge in [0.05, 0.1) is 0 Å². The lowest BCUT2D eigenvalue weighted by atomic mass is 10.2. The van der Waals surface area contributed by atoms with E-state index in [1.165, 1.54) is 12.0 Å². The van der Waals surface area contributed by atoms with Crippen LogP contribution in [0.2, 0.25) is 0 Å². The fourth-order valence-electron chi connectivity index (χ4n) is 1.06. The highest BCUT2D eigenvalue weighted by atomic mass is 16.3. The molecule has 0 saturated carbocycles. The molecule has 0 atom stereocenters. The van der Waals surface area contributed by atoms with Crippen molar-refractivity contribution in [2.75, 3.05) is 0 Å². The molecule has 0 aliphatic heterocycles. The van der Waals surface area contributed by atoms with Gasteiger partial charge < -0.3 is 4.42 Å². The van der Waals surface area contributed by atoms with Crippen molar-refractivity contribution in [1.29, 1.82) is 0 Å². The lowest BCUT2D eigenvalue weighted by Crippen LogP contribution is -1.77. The van der Waals surface area contributed by atoms with Gasteiger partial charge in [-0.05, 0) is 31.0 Å². The van der Waals surface area contributed by atoms with E-state index in [1.54, 1.807) is 0 Å². The summed E-state index contributed by atoms with van der Waals surface area (Å²) in [5.41, 5.74) is 2.92. The van der Waals surface area contributed by atoms with Gasteiger partial charge in [0.2, 0.25) is 0 Å². The Morgan fingerprint density at radius 2 is 2.36 bits per heavy atom. The summed E-state index contributed by atoms with van der Waals surface area (Å²) in [6.45, 7) is 3.79. The summed E-state index contributed by atoms with van der Waals surface area (Å²) in [6.07, 6.45) is 2.24. The van der Waals surface area contributed by atoms with Crippen LogP contribution < -0.4 is 0 Å². The zero-order valence-electron chi connectivity index (χ0n) is 6.08. The fraction of sp³-hybridized carbons (Fsp3) is 0.111. The Kier molecular flexibility index (Phi) is 1.39. The third-order valence-corrected chi connectivity index (χ3v) is 1.68. The summed E-state index contributed by atoms with van der Waals surface area (Å²) >= 11 is 0. The van der Waals surface area contributed by atoms with Gasteiger partial charge in [0.1, 0.15) is 5.52 Å². The van der Waals surface area contributed by atoms with Gasteiger partial charge in [-0.25, -0.2) is 4.98 Å². The topological polar surface area (TPSA) is 26.0 Å². The van der Waals surface area contributed by atoms with Crippen LogP contribution in [0.4, 0.5) is 0 Å². The average molecular weight is 146 g/mol. The molecule has 2 rings (SSSR count). The zero-order valence-corrected chi connectivity index (χ0v) is 6.08. The molecule has 0 fully saturated rings. The molecule has 0 saturated heterocycles. The van der Waals surface area contributed by atoms with Crippen LogP contribution in [0.1, 0.15) is 5.56 Å². The number of fused-ring (bicyclic) bond motifs is 1. The molecule has 0 unspecified atom stereocenters. The molecule has 0 spiro atoms. The summed E-state index contributed by atoms with van der Waals surface area (Å²) in [5, 5.41) is 0. The first-order chi connectivity index (χ1) is 5.40. The Labute approximate surface area is 64.9 Å². The van der Waals surface area contributed by atoms with Gasteiger partial charge >= 0.3 is 0 Å². The molecule has 0 amide bonds.